The zero-order valence-electron chi connectivity index (χ0n) is 51.3. The van der Waals surface area contributed by atoms with E-state index in [9.17, 15) is 19.4 Å². The highest BCUT2D eigenvalue weighted by atomic mass is 31.2. The molecule has 0 saturated heterocycles. The molecule has 9 heteroatoms. The van der Waals surface area contributed by atoms with E-state index in [1.165, 1.54) is 167 Å². The molecule has 0 saturated carbocycles. The Labute approximate surface area is 482 Å². The number of allylic oxidation sites excluding steroid dienone is 17. The Morgan fingerprint density at radius 2 is 0.795 bits per heavy atom. The highest BCUT2D eigenvalue weighted by molar-refractivity contribution is 7.45. The summed E-state index contributed by atoms with van der Waals surface area (Å²) < 4.78 is 23.4. The van der Waals surface area contributed by atoms with Gasteiger partial charge in [-0.05, 0) is 89.9 Å². The van der Waals surface area contributed by atoms with Crippen LogP contribution in [0.3, 0.4) is 0 Å². The average molecular weight is 1110 g/mol. The number of phosphoric acid groups is 1. The predicted octanol–water partition coefficient (Wildman–Crippen LogP) is 19.7. The molecule has 0 fully saturated rings. The van der Waals surface area contributed by atoms with Crippen LogP contribution in [-0.4, -0.2) is 68.5 Å². The molecule has 2 N–H and O–H groups in total. The summed E-state index contributed by atoms with van der Waals surface area (Å²) in [6.07, 6.45) is 86.1. The molecule has 0 rings (SSSR count). The quantitative estimate of drug-likeness (QED) is 0.0272. The molecule has 0 spiro atoms. The van der Waals surface area contributed by atoms with Crippen LogP contribution in [0, 0.1) is 0 Å². The molecule has 0 aromatic heterocycles. The molecule has 8 nitrogen and oxygen atoms in total. The summed E-state index contributed by atoms with van der Waals surface area (Å²) in [7, 11) is 1.24. The fraction of sp³-hybridized carbons (Fsp3) is 0.725. The predicted molar refractivity (Wildman–Crippen MR) is 339 cm³/mol. The smallest absolute Gasteiger partial charge is 0.268 e. The lowest BCUT2D eigenvalue weighted by atomic mass is 10.0. The highest BCUT2D eigenvalue weighted by Gasteiger charge is 2.23. The first-order valence-corrected chi connectivity index (χ1v) is 33.7. The number of aliphatic hydroxyl groups excluding tert-OH is 1. The molecule has 450 valence electrons. The van der Waals surface area contributed by atoms with Crippen LogP contribution in [0.2, 0.25) is 0 Å². The number of hydrogen-bond donors (Lipinski definition) is 2. The topological polar surface area (TPSA) is 108 Å². The third kappa shape index (κ3) is 60.8. The molecule has 0 radical (unpaired) electrons. The van der Waals surface area contributed by atoms with Gasteiger partial charge in [-0.15, -0.1) is 0 Å². The van der Waals surface area contributed by atoms with E-state index in [0.717, 1.165) is 83.5 Å². The maximum atomic E-state index is 13.0. The van der Waals surface area contributed by atoms with Crippen LogP contribution >= 0.6 is 7.82 Å². The minimum atomic E-state index is -4.61. The second-order valence-electron chi connectivity index (χ2n) is 22.7. The van der Waals surface area contributed by atoms with E-state index in [0.29, 0.717) is 17.4 Å². The number of phosphoric ester groups is 1. The third-order valence-electron chi connectivity index (χ3n) is 14.0. The SMILES string of the molecule is CC/C=C\C/C=C\C/C=C\C/C=C\C/C=C\C/C=C\C/C=C\CCCCCCCCCCCCCCCC(=O)NC(COP(=O)([O-])OCC[N+](C)(C)C)C(O)/C=C/CC/C=C/CCCCCCCCCCCCCCCCC. The molecule has 3 atom stereocenters. The molecule has 0 heterocycles. The van der Waals surface area contributed by atoms with Gasteiger partial charge in [0.15, 0.2) is 0 Å². The van der Waals surface area contributed by atoms with Crippen molar-refractivity contribution >= 4 is 13.7 Å². The van der Waals surface area contributed by atoms with Crippen molar-refractivity contribution in [2.45, 2.75) is 283 Å². The van der Waals surface area contributed by atoms with Gasteiger partial charge in [0.2, 0.25) is 5.91 Å². The molecule has 78 heavy (non-hydrogen) atoms. The van der Waals surface area contributed by atoms with E-state index in [4.69, 9.17) is 9.05 Å². The summed E-state index contributed by atoms with van der Waals surface area (Å²) in [5, 5.41) is 13.9. The lowest BCUT2D eigenvalue weighted by Crippen LogP contribution is -2.45. The zero-order chi connectivity index (χ0) is 57.0. The van der Waals surface area contributed by atoms with Gasteiger partial charge >= 0.3 is 0 Å². The summed E-state index contributed by atoms with van der Waals surface area (Å²) in [4.78, 5) is 25.6. The summed E-state index contributed by atoms with van der Waals surface area (Å²) in [5.74, 6) is -0.210. The van der Waals surface area contributed by atoms with Crippen molar-refractivity contribution in [1.29, 1.82) is 0 Å². The number of carbonyl (C=O) groups is 1. The first-order valence-electron chi connectivity index (χ1n) is 32.2. The molecule has 0 aliphatic rings. The average Bonchev–Trinajstić information content (AvgIpc) is 3.41. The first kappa shape index (κ1) is 75.2. The van der Waals surface area contributed by atoms with Crippen LogP contribution in [0.15, 0.2) is 109 Å². The summed E-state index contributed by atoms with van der Waals surface area (Å²) in [6.45, 7) is 4.53. The maximum absolute atomic E-state index is 13.0. The van der Waals surface area contributed by atoms with Gasteiger partial charge in [-0.3, -0.25) is 9.36 Å². The van der Waals surface area contributed by atoms with Gasteiger partial charge in [-0.1, -0.05) is 284 Å². The number of likely N-dealkylation sites (N-methyl/N-ethyl adjacent to an activating group) is 1. The molecule has 0 bridgehead atoms. The fourth-order valence-electron chi connectivity index (χ4n) is 8.97. The number of unbranched alkanes of at least 4 members (excludes halogenated alkanes) is 29. The Morgan fingerprint density at radius 3 is 1.19 bits per heavy atom. The van der Waals surface area contributed by atoms with E-state index >= 15 is 0 Å². The van der Waals surface area contributed by atoms with Crippen molar-refractivity contribution < 1.29 is 32.9 Å². The summed E-state index contributed by atoms with van der Waals surface area (Å²) >= 11 is 0. The van der Waals surface area contributed by atoms with Gasteiger partial charge in [0.05, 0.1) is 39.9 Å². The molecule has 0 aromatic carbocycles. The van der Waals surface area contributed by atoms with Gasteiger partial charge in [-0.2, -0.15) is 0 Å². The Bertz CT molecular complexity index is 1640. The second-order valence-corrected chi connectivity index (χ2v) is 24.1. The van der Waals surface area contributed by atoms with Crippen molar-refractivity contribution in [3.8, 4) is 0 Å². The third-order valence-corrected chi connectivity index (χ3v) is 14.9. The molecule has 0 aromatic rings. The van der Waals surface area contributed by atoms with Crippen LogP contribution in [0.1, 0.15) is 271 Å². The number of hydrogen-bond acceptors (Lipinski definition) is 6. The van der Waals surface area contributed by atoms with Crippen LogP contribution < -0.4 is 10.2 Å². The zero-order valence-corrected chi connectivity index (χ0v) is 52.2. The second kappa shape index (κ2) is 58.8. The van der Waals surface area contributed by atoms with E-state index < -0.39 is 26.6 Å². The van der Waals surface area contributed by atoms with Crippen LogP contribution in [0.5, 0.6) is 0 Å². The number of carbonyl (C=O) groups excluding carboxylic acids is 1. The fourth-order valence-corrected chi connectivity index (χ4v) is 9.70. The van der Waals surface area contributed by atoms with Crippen molar-refractivity contribution in [3.05, 3.63) is 109 Å². The Balaban J connectivity index is 4.15. The Morgan fingerprint density at radius 1 is 0.462 bits per heavy atom. The lowest BCUT2D eigenvalue weighted by Gasteiger charge is -2.29. The molecule has 1 amide bonds. The number of nitrogens with one attached hydrogen (secondary N) is 1. The first-order chi connectivity index (χ1) is 38.0. The minimum Gasteiger partial charge on any atom is -0.756 e. The molecular weight excluding hydrogens is 984 g/mol. The summed E-state index contributed by atoms with van der Waals surface area (Å²) in [5.41, 5.74) is 0. The van der Waals surface area contributed by atoms with E-state index in [1.807, 2.05) is 27.2 Å². The van der Waals surface area contributed by atoms with Crippen LogP contribution in [-0.2, 0) is 18.4 Å². The Kier molecular flexibility index (Phi) is 56.7. The number of aliphatic hydroxyl groups is 1. The van der Waals surface area contributed by atoms with E-state index in [2.05, 4.69) is 116 Å². The number of nitrogens with zero attached hydrogens (tertiary/aromatic N) is 1. The van der Waals surface area contributed by atoms with Gasteiger partial charge in [0.25, 0.3) is 7.82 Å². The lowest BCUT2D eigenvalue weighted by molar-refractivity contribution is -0.870. The Hall–Kier alpha value is -2.84. The van der Waals surface area contributed by atoms with Gasteiger partial charge in [0.1, 0.15) is 13.2 Å². The highest BCUT2D eigenvalue weighted by Crippen LogP contribution is 2.38. The molecule has 3 unspecified atom stereocenters. The van der Waals surface area contributed by atoms with Gasteiger partial charge in [-0.25, -0.2) is 0 Å². The summed E-state index contributed by atoms with van der Waals surface area (Å²) in [6, 6.07) is -0.911. The minimum absolute atomic E-state index is 0.0104. The van der Waals surface area contributed by atoms with Gasteiger partial charge in [0, 0.05) is 6.42 Å². The van der Waals surface area contributed by atoms with Crippen LogP contribution in [0.25, 0.3) is 0 Å². The monoisotopic (exact) mass is 1110 g/mol. The molecular formula is C69H123N2O6P. The molecule has 0 aliphatic heterocycles. The van der Waals surface area contributed by atoms with Crippen molar-refractivity contribution in [2.24, 2.45) is 0 Å². The number of amides is 1. The largest absolute Gasteiger partial charge is 0.756 e. The van der Waals surface area contributed by atoms with Crippen LogP contribution in [0.4, 0.5) is 0 Å². The number of quaternary nitrogens is 1. The van der Waals surface area contributed by atoms with Gasteiger partial charge < -0.3 is 28.8 Å². The maximum Gasteiger partial charge on any atom is 0.268 e. The van der Waals surface area contributed by atoms with E-state index in [-0.39, 0.29) is 12.5 Å². The van der Waals surface area contributed by atoms with E-state index in [1.54, 1.807) is 6.08 Å². The molecule has 0 aliphatic carbocycles. The number of rotatable bonds is 58. The normalized spacial score (nSPS) is 14.5. The van der Waals surface area contributed by atoms with Crippen molar-refractivity contribution in [1.82, 2.24) is 5.32 Å². The van der Waals surface area contributed by atoms with Crippen molar-refractivity contribution in [3.63, 3.8) is 0 Å². The standard InChI is InChI=1S/C69H123N2O6P/c1-6-8-10-12-14-16-18-20-22-24-26-28-29-30-31-32-33-34-35-36-37-38-39-40-41-43-45-47-49-51-53-55-57-59-61-63-69(73)70-67(66-77-78(74,75)76-65-64-71(3,4)5)68(72)62-60-58-56-54-52-50-48-46-44-42-27-25-23-21-19-17-15-13-11-9-7-2/h8,10,14,16,20,22,26,28,30-31,33-34,36-37,52,54,60,62,67-68,72H,6-7,9,11-13,15,17-19,21,23-25,27,29,32,35,38-51,53,55-59,61,63-66H2,1-5H3,(H-,70,73,74,75)/b10-8-,16-14-,22-20-,28-26-,31-30-,34-33-,37-36-,54-52+,62-60+. The van der Waals surface area contributed by atoms with Crippen molar-refractivity contribution in [2.75, 3.05) is 40.9 Å².